The summed E-state index contributed by atoms with van der Waals surface area (Å²) in [6.45, 7) is 1.32. The summed E-state index contributed by atoms with van der Waals surface area (Å²) in [5.74, 6) is 0. The number of hydrogen-bond donors (Lipinski definition) is 0. The van der Waals surface area contributed by atoms with Gasteiger partial charge in [-0.3, -0.25) is 6.29 Å². The Morgan fingerprint density at radius 1 is 1.60 bits per heavy atom. The second-order valence-electron chi connectivity index (χ2n) is 0.204. The molecule has 0 aromatic carbocycles. The van der Waals surface area contributed by atoms with Crippen LogP contribution in [0.15, 0.2) is 0 Å². The van der Waals surface area contributed by atoms with Gasteiger partial charge in [-0.1, -0.05) is 0 Å². The molecule has 0 aliphatic carbocycles. The van der Waals surface area contributed by atoms with E-state index in [4.69, 9.17) is 4.79 Å². The summed E-state index contributed by atoms with van der Waals surface area (Å²) in [7, 11) is 0. The fourth-order valence-electron chi connectivity index (χ4n) is 0. The first-order valence-electron chi connectivity index (χ1n) is 0.704. The molecule has 0 fully saturated rings. The third kappa shape index (κ3) is 4850. The van der Waals surface area contributed by atoms with Crippen molar-refractivity contribution in [2.75, 3.05) is 0 Å². The van der Waals surface area contributed by atoms with Crippen LogP contribution in [0, 0.1) is 21.7 Å². The number of rotatable bonds is 0. The summed E-state index contributed by atoms with van der Waals surface area (Å²) in [6.07, 6.45) is 1.50. The van der Waals surface area contributed by atoms with Gasteiger partial charge < -0.3 is 12.2 Å². The molecule has 0 aromatic rings. The van der Waals surface area contributed by atoms with Gasteiger partial charge in [-0.25, -0.2) is 0 Å². The van der Waals surface area contributed by atoms with Crippen molar-refractivity contribution in [3.05, 3.63) is 7.43 Å². The van der Waals surface area contributed by atoms with Crippen molar-refractivity contribution >= 4 is 6.29 Å². The molecule has 0 unspecified atom stereocenters. The average molecular weight is 301 g/mol. The molecule has 0 saturated heterocycles. The Bertz CT molecular complexity index is 14.4. The summed E-state index contributed by atoms with van der Waals surface area (Å²) in [5, 5.41) is 0. The van der Waals surface area contributed by atoms with Gasteiger partial charge in [0.1, 0.15) is 0 Å². The monoisotopic (exact) mass is 299 g/mol. The van der Waals surface area contributed by atoms with Gasteiger partial charge in [0.05, 0.1) is 0 Å². The Kier molecular flexibility index (Phi) is 133. The van der Waals surface area contributed by atoms with E-state index in [2.05, 4.69) is 0 Å². The quantitative estimate of drug-likeness (QED) is 0.598. The predicted molar refractivity (Wildman–Crippen MR) is 17.8 cm³/mol. The Labute approximate surface area is 40.6 Å². The molecule has 1 nitrogen and oxygen atoms in total. The molecule has 0 aliphatic heterocycles. The van der Waals surface area contributed by atoms with Crippen molar-refractivity contribution in [1.82, 2.24) is 0 Å². The van der Waals surface area contributed by atoms with E-state index in [0.29, 0.717) is 0 Å². The minimum Gasteiger partial charge on any atom is -0.542 e. The minimum absolute atomic E-state index is 0. The first kappa shape index (κ1) is 19.7. The molecule has 5 heavy (non-hydrogen) atoms. The maximum Gasteiger partial charge on any atom is 0 e. The van der Waals surface area contributed by atoms with E-state index in [-0.39, 0.29) is 21.7 Å². The molecule has 0 aliphatic rings. The normalized spacial score (nSPS) is 2.60. The standard InChI is InChI=1S/C2H3O.CH3.Am/c1-2-3;;/h1H3;1H3;/q2*-1;. The van der Waals surface area contributed by atoms with E-state index >= 15 is 0 Å². The van der Waals surface area contributed by atoms with Crippen LogP contribution in [0.25, 0.3) is 0 Å². The molecule has 0 N–H and O–H groups in total. The Morgan fingerprint density at radius 3 is 1.60 bits per heavy atom. The first-order valence-corrected chi connectivity index (χ1v) is 0.704. The van der Waals surface area contributed by atoms with Gasteiger partial charge in [-0.2, -0.15) is 6.92 Å². The van der Waals surface area contributed by atoms with Crippen molar-refractivity contribution in [2.24, 2.45) is 0 Å². The molecule has 0 heterocycles. The van der Waals surface area contributed by atoms with Gasteiger partial charge in [0, 0.05) is 14.3 Å². The molecule has 0 saturated carbocycles. The summed E-state index contributed by atoms with van der Waals surface area (Å²) in [5.41, 5.74) is 0. The van der Waals surface area contributed by atoms with Gasteiger partial charge >= 0.3 is 0 Å². The van der Waals surface area contributed by atoms with Crippen LogP contribution >= 0.6 is 0 Å². The third-order valence-electron chi connectivity index (χ3n) is 0. The second-order valence-corrected chi connectivity index (χ2v) is 0.204. The van der Waals surface area contributed by atoms with Crippen LogP contribution in [-0.2, 0) is 4.79 Å². The van der Waals surface area contributed by atoms with Crippen LogP contribution in [0.5, 0.6) is 0 Å². The Morgan fingerprint density at radius 2 is 1.60 bits per heavy atom. The molecule has 0 amide bonds. The van der Waals surface area contributed by atoms with Crippen LogP contribution in [0.4, 0.5) is 0 Å². The summed E-state index contributed by atoms with van der Waals surface area (Å²) in [4.78, 5) is 8.68. The van der Waals surface area contributed by atoms with Gasteiger partial charge in [-0.05, 0) is 0 Å². The molecule has 0 aromatic heterocycles. The molecule has 33 valence electrons. The molecule has 0 bridgehead atoms. The van der Waals surface area contributed by atoms with Crippen molar-refractivity contribution in [3.8, 4) is 0 Å². The van der Waals surface area contributed by atoms with Crippen molar-refractivity contribution in [1.29, 1.82) is 0 Å². The van der Waals surface area contributed by atoms with Gasteiger partial charge in [0.25, 0.3) is 0 Å². The van der Waals surface area contributed by atoms with Crippen molar-refractivity contribution in [2.45, 2.75) is 6.92 Å². The number of hydrogen-bond acceptors (Lipinski definition) is 1. The fraction of sp³-hybridized carbons (Fsp3) is 0.333. The summed E-state index contributed by atoms with van der Waals surface area (Å²) < 4.78 is 0. The molecule has 0 rings (SSSR count). The van der Waals surface area contributed by atoms with E-state index in [1.165, 1.54) is 13.2 Å². The maximum atomic E-state index is 8.68. The van der Waals surface area contributed by atoms with Crippen LogP contribution in [0.1, 0.15) is 6.92 Å². The first-order chi connectivity index (χ1) is 1.41. The minimum atomic E-state index is 0. The van der Waals surface area contributed by atoms with Gasteiger partial charge in [0.15, 0.2) is 0 Å². The van der Waals surface area contributed by atoms with Gasteiger partial charge in [0.2, 0.25) is 0 Å². The van der Waals surface area contributed by atoms with Crippen molar-refractivity contribution < 1.29 is 19.1 Å². The fourth-order valence-corrected chi connectivity index (χ4v) is 0. The van der Waals surface area contributed by atoms with Crippen LogP contribution < -0.4 is 0 Å². The molecule has 0 spiro atoms. The zero-order chi connectivity index (χ0) is 2.71. The largest absolute Gasteiger partial charge is 0.542 e. The SMILES string of the molecule is C[C-]=O.[Am].[CH3-]. The van der Waals surface area contributed by atoms with E-state index < -0.39 is 0 Å². The van der Waals surface area contributed by atoms with Crippen molar-refractivity contribution in [3.63, 3.8) is 0 Å². The van der Waals surface area contributed by atoms with Crippen LogP contribution in [0.2, 0.25) is 0 Å². The summed E-state index contributed by atoms with van der Waals surface area (Å²) in [6, 6.07) is 0. The van der Waals surface area contributed by atoms with Crippen LogP contribution in [-0.4, -0.2) is 6.29 Å². The molecular formula is C3H6AmO-2. The van der Waals surface area contributed by atoms with E-state index in [9.17, 15) is 0 Å². The van der Waals surface area contributed by atoms with Gasteiger partial charge in [-0.15, -0.1) is 0 Å². The van der Waals surface area contributed by atoms with E-state index in [0.717, 1.165) is 0 Å². The predicted octanol–water partition coefficient (Wildman–Crippen LogP) is 0.566. The molecule has 2 heteroatoms. The van der Waals surface area contributed by atoms with Crippen LogP contribution in [0.3, 0.4) is 0 Å². The molecule has 1 radical (unpaired) electrons. The zero-order valence-corrected chi connectivity index (χ0v) is 6.43. The average Bonchev–Trinajstić information content (AvgIpc) is 0.918. The smallest absolute Gasteiger partial charge is 0 e. The maximum absolute atomic E-state index is 8.68. The molecular weight excluding hydrogens is 295 g/mol. The summed E-state index contributed by atoms with van der Waals surface area (Å²) >= 11 is 0. The second kappa shape index (κ2) is 33.8. The topological polar surface area (TPSA) is 17.1 Å². The van der Waals surface area contributed by atoms with E-state index in [1.807, 2.05) is 0 Å². The zero-order valence-electron chi connectivity index (χ0n) is 3.29. The molecule has 0 atom stereocenters. The number of carbonyl (C=O) groups excluding carboxylic acids is 1. The van der Waals surface area contributed by atoms with E-state index in [1.54, 1.807) is 0 Å². The third-order valence-corrected chi connectivity index (χ3v) is 0. The Hall–Kier alpha value is 0.0596. The Balaban J connectivity index is -0.0000000200.